The molecule has 4 N–H and O–H groups in total. The fraction of sp³-hybridized carbons (Fsp3) is 1.00. The van der Waals surface area contributed by atoms with E-state index in [0.717, 1.165) is 6.42 Å². The van der Waals surface area contributed by atoms with Crippen molar-refractivity contribution < 1.29 is 10.2 Å². The smallest absolute Gasteiger partial charge is 0.0677 e. The van der Waals surface area contributed by atoms with E-state index in [9.17, 15) is 10.2 Å². The second kappa shape index (κ2) is 3.01. The van der Waals surface area contributed by atoms with Crippen molar-refractivity contribution in [2.45, 2.75) is 70.6 Å². The molecule has 16 heavy (non-hydrogen) atoms. The van der Waals surface area contributed by atoms with Crippen molar-refractivity contribution >= 4 is 0 Å². The van der Waals surface area contributed by atoms with Gasteiger partial charge in [0.15, 0.2) is 0 Å². The van der Waals surface area contributed by atoms with E-state index in [1.807, 2.05) is 20.8 Å². The molecule has 0 amide bonds. The maximum Gasteiger partial charge on any atom is 0.0677 e. The Hall–Kier alpha value is -0.120. The van der Waals surface area contributed by atoms with Crippen LogP contribution >= 0.6 is 0 Å². The van der Waals surface area contributed by atoms with E-state index < -0.39 is 5.60 Å². The molecule has 0 aromatic heterocycles. The molecule has 94 valence electrons. The van der Waals surface area contributed by atoms with Crippen LogP contribution in [0.5, 0.6) is 0 Å². The van der Waals surface area contributed by atoms with Crippen molar-refractivity contribution in [1.29, 1.82) is 0 Å². The van der Waals surface area contributed by atoms with E-state index in [1.54, 1.807) is 0 Å². The van der Waals surface area contributed by atoms with Gasteiger partial charge in [-0.1, -0.05) is 20.8 Å². The van der Waals surface area contributed by atoms with Crippen molar-refractivity contribution in [2.75, 3.05) is 0 Å². The maximum atomic E-state index is 10.7. The molecule has 2 fully saturated rings. The Labute approximate surface area is 98.0 Å². The molecule has 3 nitrogen and oxygen atoms in total. The molecule has 2 rings (SSSR count). The standard InChI is InChI=1S/C13H25NO2/c1-10(2)5-13(16)7-11(3,9(10)15)6-12(4,14)8-13/h9,15-16H,5-8,14H2,1-4H3. The lowest BCUT2D eigenvalue weighted by Gasteiger charge is -2.61. The van der Waals surface area contributed by atoms with Crippen LogP contribution in [-0.2, 0) is 0 Å². The minimum absolute atomic E-state index is 0.224. The van der Waals surface area contributed by atoms with Gasteiger partial charge in [0.25, 0.3) is 0 Å². The highest BCUT2D eigenvalue weighted by Crippen LogP contribution is 2.58. The van der Waals surface area contributed by atoms with Gasteiger partial charge in [0.2, 0.25) is 0 Å². The first-order valence-electron chi connectivity index (χ1n) is 6.18. The summed E-state index contributed by atoms with van der Waals surface area (Å²) in [7, 11) is 0. The summed E-state index contributed by atoms with van der Waals surface area (Å²) in [6.45, 7) is 8.13. The average Bonchev–Trinajstić information content (AvgIpc) is 1.93. The van der Waals surface area contributed by atoms with Crippen molar-refractivity contribution in [3.63, 3.8) is 0 Å². The van der Waals surface area contributed by atoms with Crippen LogP contribution in [0.1, 0.15) is 53.4 Å². The number of hydrogen-bond donors (Lipinski definition) is 3. The Morgan fingerprint density at radius 1 is 1.00 bits per heavy atom. The third kappa shape index (κ3) is 1.79. The summed E-state index contributed by atoms with van der Waals surface area (Å²) >= 11 is 0. The lowest BCUT2D eigenvalue weighted by Crippen LogP contribution is -2.65. The van der Waals surface area contributed by atoms with E-state index in [1.165, 1.54) is 0 Å². The van der Waals surface area contributed by atoms with Gasteiger partial charge in [-0.2, -0.15) is 0 Å². The van der Waals surface area contributed by atoms with Crippen molar-refractivity contribution in [3.05, 3.63) is 0 Å². The van der Waals surface area contributed by atoms with E-state index in [2.05, 4.69) is 6.92 Å². The molecular formula is C13H25NO2. The molecule has 2 aliphatic carbocycles. The van der Waals surface area contributed by atoms with Gasteiger partial charge in [0.05, 0.1) is 11.7 Å². The normalized spacial score (nSPS) is 56.1. The number of fused-ring (bicyclic) bond motifs is 2. The molecule has 0 aliphatic heterocycles. The van der Waals surface area contributed by atoms with Crippen molar-refractivity contribution in [1.82, 2.24) is 0 Å². The Morgan fingerprint density at radius 3 is 2.12 bits per heavy atom. The topological polar surface area (TPSA) is 66.5 Å². The summed E-state index contributed by atoms with van der Waals surface area (Å²) in [5, 5.41) is 21.2. The molecule has 2 bridgehead atoms. The van der Waals surface area contributed by atoms with Crippen molar-refractivity contribution in [3.8, 4) is 0 Å². The summed E-state index contributed by atoms with van der Waals surface area (Å²) in [6.07, 6.45) is 2.36. The summed E-state index contributed by atoms with van der Waals surface area (Å²) in [4.78, 5) is 0. The number of hydrogen-bond acceptors (Lipinski definition) is 3. The Balaban J connectivity index is 2.41. The van der Waals surface area contributed by atoms with Gasteiger partial charge in [0, 0.05) is 5.54 Å². The summed E-state index contributed by atoms with van der Waals surface area (Å²) < 4.78 is 0. The van der Waals surface area contributed by atoms with Crippen LogP contribution in [0.4, 0.5) is 0 Å². The Bertz CT molecular complexity index is 305. The fourth-order valence-electron chi connectivity index (χ4n) is 4.82. The number of aliphatic hydroxyl groups is 2. The molecule has 4 unspecified atom stereocenters. The molecule has 4 atom stereocenters. The minimum atomic E-state index is -0.695. The molecule has 0 radical (unpaired) electrons. The van der Waals surface area contributed by atoms with Crippen LogP contribution in [0.2, 0.25) is 0 Å². The van der Waals surface area contributed by atoms with E-state index in [-0.39, 0.29) is 22.5 Å². The largest absolute Gasteiger partial charge is 0.392 e. The zero-order chi connectivity index (χ0) is 12.4. The van der Waals surface area contributed by atoms with Crippen LogP contribution in [0, 0.1) is 10.8 Å². The first kappa shape index (κ1) is 12.3. The lowest BCUT2D eigenvalue weighted by atomic mass is 9.49. The molecule has 0 spiro atoms. The number of aliphatic hydroxyl groups excluding tert-OH is 1. The van der Waals surface area contributed by atoms with E-state index in [4.69, 9.17) is 5.73 Å². The maximum absolute atomic E-state index is 10.7. The van der Waals surface area contributed by atoms with Gasteiger partial charge < -0.3 is 15.9 Å². The van der Waals surface area contributed by atoms with Gasteiger partial charge >= 0.3 is 0 Å². The Kier molecular flexibility index (Phi) is 2.32. The molecule has 0 saturated heterocycles. The third-order valence-electron chi connectivity index (χ3n) is 4.46. The predicted octanol–water partition coefficient (Wildman–Crippen LogP) is 1.42. The SMILES string of the molecule is CC1(N)CC2(O)CC(C)(C)C(O)C(C)(C1)C2. The van der Waals surface area contributed by atoms with Gasteiger partial charge in [-0.15, -0.1) is 0 Å². The highest BCUT2D eigenvalue weighted by molar-refractivity contribution is 5.13. The third-order valence-corrected chi connectivity index (χ3v) is 4.46. The van der Waals surface area contributed by atoms with Gasteiger partial charge in [-0.05, 0) is 43.4 Å². The summed E-state index contributed by atoms with van der Waals surface area (Å²) in [5.74, 6) is 0. The quantitative estimate of drug-likeness (QED) is 0.586. The number of nitrogens with two attached hydrogens (primary N) is 1. The molecule has 2 aliphatic rings. The van der Waals surface area contributed by atoms with E-state index in [0.29, 0.717) is 19.3 Å². The van der Waals surface area contributed by atoms with Crippen LogP contribution < -0.4 is 5.73 Å². The van der Waals surface area contributed by atoms with Crippen LogP contribution in [0.25, 0.3) is 0 Å². The second-order valence-electron chi connectivity index (χ2n) is 7.63. The van der Waals surface area contributed by atoms with E-state index >= 15 is 0 Å². The molecule has 3 heteroatoms. The van der Waals surface area contributed by atoms with Crippen molar-refractivity contribution in [2.24, 2.45) is 16.6 Å². The molecule has 0 heterocycles. The first-order valence-corrected chi connectivity index (χ1v) is 6.18. The molecule has 0 aromatic carbocycles. The zero-order valence-corrected chi connectivity index (χ0v) is 10.9. The minimum Gasteiger partial charge on any atom is -0.392 e. The molecule has 0 aromatic rings. The number of rotatable bonds is 0. The first-order chi connectivity index (χ1) is 6.98. The van der Waals surface area contributed by atoms with Gasteiger partial charge in [-0.25, -0.2) is 0 Å². The molecule has 2 saturated carbocycles. The van der Waals surface area contributed by atoms with Gasteiger partial charge in [-0.3, -0.25) is 0 Å². The molecular weight excluding hydrogens is 202 g/mol. The fourth-order valence-corrected chi connectivity index (χ4v) is 4.82. The average molecular weight is 227 g/mol. The van der Waals surface area contributed by atoms with Crippen LogP contribution in [-0.4, -0.2) is 27.5 Å². The Morgan fingerprint density at radius 2 is 1.56 bits per heavy atom. The highest BCUT2D eigenvalue weighted by Gasteiger charge is 2.60. The predicted molar refractivity (Wildman–Crippen MR) is 63.9 cm³/mol. The van der Waals surface area contributed by atoms with Gasteiger partial charge in [0.1, 0.15) is 0 Å². The van der Waals surface area contributed by atoms with Crippen LogP contribution in [0.15, 0.2) is 0 Å². The monoisotopic (exact) mass is 227 g/mol. The second-order valence-corrected chi connectivity index (χ2v) is 7.63. The lowest BCUT2D eigenvalue weighted by molar-refractivity contribution is -0.203. The van der Waals surface area contributed by atoms with Crippen LogP contribution in [0.3, 0.4) is 0 Å². The highest BCUT2D eigenvalue weighted by atomic mass is 16.3. The summed E-state index contributed by atoms with van der Waals surface area (Å²) in [5.41, 5.74) is 4.69. The zero-order valence-electron chi connectivity index (χ0n) is 10.9. The summed E-state index contributed by atoms with van der Waals surface area (Å²) in [6, 6.07) is 0.